The summed E-state index contributed by atoms with van der Waals surface area (Å²) in [5, 5.41) is 5.77. The smallest absolute Gasteiger partial charge is 0.165 e. The summed E-state index contributed by atoms with van der Waals surface area (Å²) in [5.41, 5.74) is 15.7. The van der Waals surface area contributed by atoms with E-state index in [9.17, 15) is 0 Å². The molecule has 0 atom stereocenters. The van der Waals surface area contributed by atoms with Crippen molar-refractivity contribution in [1.29, 1.82) is 0 Å². The van der Waals surface area contributed by atoms with Crippen LogP contribution in [0.4, 0.5) is 0 Å². The second-order valence-electron chi connectivity index (χ2n) is 16.8. The van der Waals surface area contributed by atoms with E-state index >= 15 is 0 Å². The number of hydrogen-bond donors (Lipinski definition) is 0. The van der Waals surface area contributed by atoms with Crippen LogP contribution in [-0.4, -0.2) is 19.9 Å². The number of aromatic nitrogens is 4. The molecule has 1 spiro atoms. The Morgan fingerprint density at radius 2 is 0.844 bits per heavy atom. The Balaban J connectivity index is 1.10. The van der Waals surface area contributed by atoms with E-state index in [1.807, 2.05) is 36.4 Å². The van der Waals surface area contributed by atoms with Crippen molar-refractivity contribution in [2.45, 2.75) is 5.41 Å². The number of nitrogens with zero attached hydrogens (tertiary/aromatic N) is 4. The molecule has 0 bridgehead atoms. The molecule has 0 fully saturated rings. The van der Waals surface area contributed by atoms with Gasteiger partial charge in [0.1, 0.15) is 0 Å². The van der Waals surface area contributed by atoms with Gasteiger partial charge in [-0.15, -0.1) is 11.3 Å². The summed E-state index contributed by atoms with van der Waals surface area (Å²) >= 11 is 1.80. The van der Waals surface area contributed by atoms with E-state index in [1.54, 1.807) is 11.3 Å². The van der Waals surface area contributed by atoms with Crippen LogP contribution in [0.25, 0.3) is 110 Å². The van der Waals surface area contributed by atoms with Gasteiger partial charge in [-0.05, 0) is 68.8 Å². The molecule has 0 saturated heterocycles. The Morgan fingerprint density at radius 1 is 0.328 bits per heavy atom. The van der Waals surface area contributed by atoms with Crippen LogP contribution in [0.15, 0.2) is 206 Å². The molecule has 12 aromatic rings. The molecule has 0 unspecified atom stereocenters. The summed E-state index contributed by atoms with van der Waals surface area (Å²) in [6.45, 7) is 0. The molecule has 64 heavy (non-hydrogen) atoms. The fourth-order valence-electron chi connectivity index (χ4n) is 10.9. The highest BCUT2D eigenvalue weighted by molar-refractivity contribution is 7.26. The first kappa shape index (κ1) is 35.5. The van der Waals surface area contributed by atoms with Crippen molar-refractivity contribution in [2.24, 2.45) is 0 Å². The van der Waals surface area contributed by atoms with Gasteiger partial charge in [0.05, 0.1) is 16.6 Å². The van der Waals surface area contributed by atoms with Gasteiger partial charge < -0.3 is 0 Å². The maximum atomic E-state index is 5.64. The lowest BCUT2D eigenvalue weighted by atomic mass is 9.70. The number of benzene rings is 9. The summed E-state index contributed by atoms with van der Waals surface area (Å²) in [7, 11) is 0. The van der Waals surface area contributed by atoms with Gasteiger partial charge in [0.25, 0.3) is 0 Å². The van der Waals surface area contributed by atoms with Crippen LogP contribution >= 0.6 is 11.3 Å². The van der Waals surface area contributed by atoms with Crippen LogP contribution in [0.3, 0.4) is 0 Å². The standard InChI is InChI=1S/C59H34N4S/c1-3-17-35(18-4-1)56-61-57(36-19-5-2-6-20-36)63-58(62-56)45-34-44-52(53-43-25-11-16-30-51(43)64-55(45)53)42-24-10-15-29-50(42)60-54(44)37-31-32-41-40-23-9-14-28-48(40)59(49(41)33-37)46-26-12-7-21-38(46)39-22-8-13-27-47(39)59/h1-34H. The van der Waals surface area contributed by atoms with Gasteiger partial charge in [0.2, 0.25) is 0 Å². The Hall–Kier alpha value is -8.12. The lowest BCUT2D eigenvalue weighted by molar-refractivity contribution is 0.794. The zero-order chi connectivity index (χ0) is 41.9. The van der Waals surface area contributed by atoms with Crippen LogP contribution in [0, 0.1) is 0 Å². The number of thiophene rings is 1. The first-order valence-corrected chi connectivity index (χ1v) is 22.5. The van der Waals surface area contributed by atoms with Crippen molar-refractivity contribution in [3.8, 4) is 67.7 Å². The zero-order valence-corrected chi connectivity index (χ0v) is 35.1. The second kappa shape index (κ2) is 13.4. The number of hydrogen-bond acceptors (Lipinski definition) is 5. The first-order chi connectivity index (χ1) is 31.7. The maximum Gasteiger partial charge on any atom is 0.165 e. The Bertz CT molecular complexity index is 3790. The first-order valence-electron chi connectivity index (χ1n) is 21.7. The van der Waals surface area contributed by atoms with Crippen molar-refractivity contribution in [3.63, 3.8) is 0 Å². The van der Waals surface area contributed by atoms with Crippen LogP contribution in [0.1, 0.15) is 22.3 Å². The average molecular weight is 831 g/mol. The zero-order valence-electron chi connectivity index (χ0n) is 34.3. The predicted molar refractivity (Wildman–Crippen MR) is 264 cm³/mol. The van der Waals surface area contributed by atoms with Crippen molar-refractivity contribution in [1.82, 2.24) is 19.9 Å². The van der Waals surface area contributed by atoms with Crippen LogP contribution in [0.2, 0.25) is 0 Å². The minimum absolute atomic E-state index is 0.476. The van der Waals surface area contributed by atoms with Crippen molar-refractivity contribution < 1.29 is 0 Å². The molecule has 4 nitrogen and oxygen atoms in total. The SMILES string of the molecule is c1ccc(-c2nc(-c3ccccc3)nc(-c3cc4c(-c5ccc6c(c5)C5(c7ccccc7-c7ccccc75)c5ccccc5-6)nc5ccccc5c4c4c3sc3ccccc34)n2)cc1. The molecule has 2 aliphatic carbocycles. The van der Waals surface area contributed by atoms with E-state index in [-0.39, 0.29) is 0 Å². The van der Waals surface area contributed by atoms with Gasteiger partial charge in [-0.2, -0.15) is 0 Å². The molecule has 0 saturated carbocycles. The summed E-state index contributed by atoms with van der Waals surface area (Å²) in [6.07, 6.45) is 0. The molecule has 9 aromatic carbocycles. The van der Waals surface area contributed by atoms with Crippen molar-refractivity contribution in [2.75, 3.05) is 0 Å². The van der Waals surface area contributed by atoms with Crippen LogP contribution in [-0.2, 0) is 5.41 Å². The minimum atomic E-state index is -0.476. The summed E-state index contributed by atoms with van der Waals surface area (Å²) in [6, 6.07) is 74.2. The fourth-order valence-corrected chi connectivity index (χ4v) is 12.1. The average Bonchev–Trinajstić information content (AvgIpc) is 4.01. The minimum Gasteiger partial charge on any atom is -0.247 e. The fraction of sp³-hybridized carbons (Fsp3) is 0.0169. The van der Waals surface area contributed by atoms with E-state index in [0.717, 1.165) is 48.9 Å². The molecule has 14 rings (SSSR count). The third-order valence-corrected chi connectivity index (χ3v) is 14.7. The highest BCUT2D eigenvalue weighted by Gasteiger charge is 2.51. The van der Waals surface area contributed by atoms with Gasteiger partial charge in [-0.25, -0.2) is 19.9 Å². The Morgan fingerprint density at radius 3 is 1.48 bits per heavy atom. The monoisotopic (exact) mass is 830 g/mol. The number of fused-ring (bicyclic) bond motifs is 17. The number of rotatable bonds is 4. The van der Waals surface area contributed by atoms with Gasteiger partial charge in [0.15, 0.2) is 17.5 Å². The highest BCUT2D eigenvalue weighted by Crippen LogP contribution is 2.63. The molecule has 3 aromatic heterocycles. The molecule has 0 aliphatic heterocycles. The lowest BCUT2D eigenvalue weighted by Gasteiger charge is -2.30. The van der Waals surface area contributed by atoms with Gasteiger partial charge >= 0.3 is 0 Å². The molecule has 0 radical (unpaired) electrons. The number of pyridine rings is 1. The molecule has 3 heterocycles. The van der Waals surface area contributed by atoms with E-state index < -0.39 is 5.41 Å². The predicted octanol–water partition coefficient (Wildman–Crippen LogP) is 15.0. The van der Waals surface area contributed by atoms with Crippen LogP contribution < -0.4 is 0 Å². The van der Waals surface area contributed by atoms with E-state index in [1.165, 1.54) is 65.4 Å². The number of para-hydroxylation sites is 1. The quantitative estimate of drug-likeness (QED) is 0.166. The second-order valence-corrected chi connectivity index (χ2v) is 17.9. The topological polar surface area (TPSA) is 51.6 Å². The molecule has 0 N–H and O–H groups in total. The normalized spacial score (nSPS) is 13.1. The van der Waals surface area contributed by atoms with Crippen LogP contribution in [0.5, 0.6) is 0 Å². The summed E-state index contributed by atoms with van der Waals surface area (Å²) in [5.74, 6) is 1.90. The molecular weight excluding hydrogens is 797 g/mol. The molecule has 5 heteroatoms. The maximum absolute atomic E-state index is 5.64. The largest absolute Gasteiger partial charge is 0.247 e. The Labute approximate surface area is 372 Å². The molecule has 2 aliphatic rings. The third-order valence-electron chi connectivity index (χ3n) is 13.5. The molecular formula is C59H34N4S. The highest BCUT2D eigenvalue weighted by atomic mass is 32.1. The van der Waals surface area contributed by atoms with Gasteiger partial charge in [0, 0.05) is 58.6 Å². The molecule has 296 valence electrons. The van der Waals surface area contributed by atoms with E-state index in [0.29, 0.717) is 17.5 Å². The Kier molecular flexibility index (Phi) is 7.45. The molecule has 0 amide bonds. The van der Waals surface area contributed by atoms with Gasteiger partial charge in [-0.1, -0.05) is 182 Å². The summed E-state index contributed by atoms with van der Waals surface area (Å²) in [4.78, 5) is 21.3. The van der Waals surface area contributed by atoms with Gasteiger partial charge in [-0.3, -0.25) is 0 Å². The van der Waals surface area contributed by atoms with E-state index in [4.69, 9.17) is 19.9 Å². The third kappa shape index (κ3) is 4.87. The summed E-state index contributed by atoms with van der Waals surface area (Å²) < 4.78 is 2.35. The lowest BCUT2D eigenvalue weighted by Crippen LogP contribution is -2.25. The van der Waals surface area contributed by atoms with Crippen molar-refractivity contribution in [3.05, 3.63) is 229 Å². The van der Waals surface area contributed by atoms with E-state index in [2.05, 4.69) is 170 Å². The van der Waals surface area contributed by atoms with Crippen molar-refractivity contribution >= 4 is 53.2 Å².